The number of amides is 1. The molecular weight excluding hydrogens is 334 g/mol. The van der Waals surface area contributed by atoms with Crippen LogP contribution in [-0.4, -0.2) is 12.2 Å². The summed E-state index contributed by atoms with van der Waals surface area (Å²) in [7, 11) is 0. The Hall–Kier alpha value is -1.26. The number of halogens is 1. The first-order chi connectivity index (χ1) is 9.51. The van der Waals surface area contributed by atoms with Crippen molar-refractivity contribution in [1.82, 2.24) is 0 Å². The van der Waals surface area contributed by atoms with Crippen LogP contribution in [0.1, 0.15) is 21.5 Å². The number of benzene rings is 2. The zero-order valence-electron chi connectivity index (χ0n) is 11.7. The fourth-order valence-corrected chi connectivity index (χ4v) is 3.13. The maximum Gasteiger partial charge on any atom is 0.255 e. The second-order valence-corrected chi connectivity index (χ2v) is 6.39. The van der Waals surface area contributed by atoms with Gasteiger partial charge in [-0.05, 0) is 67.6 Å². The molecule has 0 unspecified atom stereocenters. The molecule has 0 heterocycles. The molecule has 2 nitrogen and oxygen atoms in total. The van der Waals surface area contributed by atoms with E-state index in [4.69, 9.17) is 0 Å². The lowest BCUT2D eigenvalue weighted by molar-refractivity contribution is 0.102. The summed E-state index contributed by atoms with van der Waals surface area (Å²) in [5, 5.41) is 2.99. The summed E-state index contributed by atoms with van der Waals surface area (Å²) >= 11 is 5.12. The normalized spacial score (nSPS) is 10.4. The van der Waals surface area contributed by atoms with Crippen molar-refractivity contribution in [2.75, 3.05) is 11.6 Å². The Balaban J connectivity index is 2.23. The average molecular weight is 350 g/mol. The number of hydrogen-bond donors (Lipinski definition) is 1. The van der Waals surface area contributed by atoms with E-state index in [0.29, 0.717) is 5.56 Å². The van der Waals surface area contributed by atoms with E-state index >= 15 is 0 Å². The number of hydrogen-bond acceptors (Lipinski definition) is 2. The minimum absolute atomic E-state index is 0.0776. The van der Waals surface area contributed by atoms with Crippen LogP contribution in [0.25, 0.3) is 0 Å². The lowest BCUT2D eigenvalue weighted by Crippen LogP contribution is -2.13. The van der Waals surface area contributed by atoms with Crippen molar-refractivity contribution in [3.8, 4) is 0 Å². The maximum absolute atomic E-state index is 12.3. The lowest BCUT2D eigenvalue weighted by atomic mass is 10.1. The predicted octanol–water partition coefficient (Wildman–Crippen LogP) is 5.04. The molecule has 0 aliphatic heterocycles. The molecule has 0 saturated carbocycles. The number of anilines is 1. The summed E-state index contributed by atoms with van der Waals surface area (Å²) in [6.45, 7) is 3.98. The molecule has 0 fully saturated rings. The summed E-state index contributed by atoms with van der Waals surface area (Å²) in [5.41, 5.74) is 3.65. The van der Waals surface area contributed by atoms with Gasteiger partial charge in [-0.15, -0.1) is 11.8 Å². The van der Waals surface area contributed by atoms with Crippen LogP contribution in [-0.2, 0) is 0 Å². The topological polar surface area (TPSA) is 29.1 Å². The van der Waals surface area contributed by atoms with Crippen molar-refractivity contribution in [3.05, 3.63) is 57.6 Å². The van der Waals surface area contributed by atoms with Crippen LogP contribution in [0, 0.1) is 13.8 Å². The van der Waals surface area contributed by atoms with Crippen molar-refractivity contribution in [2.45, 2.75) is 18.7 Å². The molecule has 0 spiro atoms. The quantitative estimate of drug-likeness (QED) is 0.786. The Bertz CT molecular complexity index is 614. The van der Waals surface area contributed by atoms with E-state index in [-0.39, 0.29) is 5.91 Å². The van der Waals surface area contributed by atoms with E-state index in [1.165, 1.54) is 0 Å². The van der Waals surface area contributed by atoms with E-state index in [9.17, 15) is 4.79 Å². The molecule has 104 valence electrons. The van der Waals surface area contributed by atoms with Gasteiger partial charge in [0.2, 0.25) is 0 Å². The zero-order valence-corrected chi connectivity index (χ0v) is 14.1. The molecule has 0 aliphatic carbocycles. The zero-order chi connectivity index (χ0) is 14.7. The minimum Gasteiger partial charge on any atom is -0.322 e. The van der Waals surface area contributed by atoms with Crippen LogP contribution in [0.5, 0.6) is 0 Å². The van der Waals surface area contributed by atoms with Gasteiger partial charge in [0.05, 0.1) is 0 Å². The Morgan fingerprint density at radius 2 is 1.65 bits per heavy atom. The molecule has 2 aromatic carbocycles. The van der Waals surface area contributed by atoms with E-state index in [1.54, 1.807) is 11.8 Å². The predicted molar refractivity (Wildman–Crippen MR) is 89.8 cm³/mol. The second kappa shape index (κ2) is 6.46. The van der Waals surface area contributed by atoms with Gasteiger partial charge in [-0.3, -0.25) is 4.79 Å². The molecule has 2 aromatic rings. The molecule has 1 amide bonds. The second-order valence-electron chi connectivity index (χ2n) is 4.60. The first-order valence-corrected chi connectivity index (χ1v) is 8.25. The molecule has 4 heteroatoms. The maximum atomic E-state index is 12.3. The Morgan fingerprint density at radius 1 is 1.10 bits per heavy atom. The van der Waals surface area contributed by atoms with Crippen molar-refractivity contribution in [1.29, 1.82) is 0 Å². The van der Waals surface area contributed by atoms with E-state index in [2.05, 4.69) is 21.2 Å². The van der Waals surface area contributed by atoms with Crippen LogP contribution in [0.15, 0.2) is 45.8 Å². The third kappa shape index (κ3) is 3.44. The van der Waals surface area contributed by atoms with Gasteiger partial charge in [-0.2, -0.15) is 0 Å². The number of carbonyl (C=O) groups excluding carboxylic acids is 1. The minimum atomic E-state index is -0.0776. The fourth-order valence-electron chi connectivity index (χ4n) is 2.04. The molecule has 0 saturated heterocycles. The van der Waals surface area contributed by atoms with E-state index in [1.807, 2.05) is 56.5 Å². The fraction of sp³-hybridized carbons (Fsp3) is 0.188. The number of aryl methyl sites for hydroxylation is 2. The highest BCUT2D eigenvalue weighted by Gasteiger charge is 2.10. The number of thioether (sulfide) groups is 1. The van der Waals surface area contributed by atoms with Crippen molar-refractivity contribution < 1.29 is 4.79 Å². The van der Waals surface area contributed by atoms with Gasteiger partial charge >= 0.3 is 0 Å². The molecule has 0 radical (unpaired) electrons. The third-order valence-electron chi connectivity index (χ3n) is 3.09. The van der Waals surface area contributed by atoms with Gasteiger partial charge < -0.3 is 5.32 Å². The van der Waals surface area contributed by atoms with Crippen molar-refractivity contribution in [3.63, 3.8) is 0 Å². The number of rotatable bonds is 3. The van der Waals surface area contributed by atoms with Crippen LogP contribution in [0.2, 0.25) is 0 Å². The monoisotopic (exact) mass is 349 g/mol. The van der Waals surface area contributed by atoms with Gasteiger partial charge in [0, 0.05) is 20.6 Å². The standard InChI is InChI=1S/C16H16BrNOS/c1-10-8-13(17)9-11(2)15(10)18-16(19)12-4-6-14(20-3)7-5-12/h4-9H,1-3H3,(H,18,19). The molecule has 1 N–H and O–H groups in total. The molecular formula is C16H16BrNOS. The molecule has 0 aromatic heterocycles. The Kier molecular flexibility index (Phi) is 4.89. The van der Waals surface area contributed by atoms with E-state index < -0.39 is 0 Å². The molecule has 0 bridgehead atoms. The molecule has 0 atom stereocenters. The van der Waals surface area contributed by atoms with Crippen LogP contribution in [0.4, 0.5) is 5.69 Å². The van der Waals surface area contributed by atoms with Crippen LogP contribution >= 0.6 is 27.7 Å². The SMILES string of the molecule is CSc1ccc(C(=O)Nc2c(C)cc(Br)cc2C)cc1. The summed E-state index contributed by atoms with van der Waals surface area (Å²) in [6, 6.07) is 11.6. The summed E-state index contributed by atoms with van der Waals surface area (Å²) in [6.07, 6.45) is 2.02. The highest BCUT2D eigenvalue weighted by Crippen LogP contribution is 2.25. The highest BCUT2D eigenvalue weighted by molar-refractivity contribution is 9.10. The third-order valence-corrected chi connectivity index (χ3v) is 4.29. The number of nitrogens with one attached hydrogen (secondary N) is 1. The van der Waals surface area contributed by atoms with Crippen LogP contribution < -0.4 is 5.32 Å². The van der Waals surface area contributed by atoms with Gasteiger partial charge in [0.25, 0.3) is 5.91 Å². The van der Waals surface area contributed by atoms with Crippen LogP contribution in [0.3, 0.4) is 0 Å². The Labute approximate surface area is 132 Å². The largest absolute Gasteiger partial charge is 0.322 e. The highest BCUT2D eigenvalue weighted by atomic mass is 79.9. The first kappa shape index (κ1) is 15.1. The lowest BCUT2D eigenvalue weighted by Gasteiger charge is -2.12. The van der Waals surface area contributed by atoms with E-state index in [0.717, 1.165) is 26.2 Å². The summed E-state index contributed by atoms with van der Waals surface area (Å²) in [4.78, 5) is 13.4. The number of carbonyl (C=O) groups is 1. The van der Waals surface area contributed by atoms with Gasteiger partial charge in [-0.1, -0.05) is 15.9 Å². The molecule has 20 heavy (non-hydrogen) atoms. The molecule has 2 rings (SSSR count). The summed E-state index contributed by atoms with van der Waals surface area (Å²) < 4.78 is 1.02. The first-order valence-electron chi connectivity index (χ1n) is 6.23. The summed E-state index contributed by atoms with van der Waals surface area (Å²) in [5.74, 6) is -0.0776. The van der Waals surface area contributed by atoms with Gasteiger partial charge in [0.1, 0.15) is 0 Å². The molecule has 0 aliphatic rings. The Morgan fingerprint density at radius 3 is 2.15 bits per heavy atom. The average Bonchev–Trinajstić information content (AvgIpc) is 2.42. The van der Waals surface area contributed by atoms with Crippen molar-refractivity contribution in [2.24, 2.45) is 0 Å². The van der Waals surface area contributed by atoms with Gasteiger partial charge in [0.15, 0.2) is 0 Å². The smallest absolute Gasteiger partial charge is 0.255 e. The van der Waals surface area contributed by atoms with Gasteiger partial charge in [-0.25, -0.2) is 0 Å². The van der Waals surface area contributed by atoms with Crippen molar-refractivity contribution >= 4 is 39.3 Å².